The van der Waals surface area contributed by atoms with E-state index in [1.807, 2.05) is 25.1 Å². The standard InChI is InChI=1S/C12H12BrN5O/c1-7-2-3-8(13)4-9(7)17-12(19)10-5-15-6-11(16-10)18-14/h2-6H,14H2,1H3,(H,16,18)(H,17,19). The number of hydrazine groups is 1. The fourth-order valence-electron chi connectivity index (χ4n) is 1.46. The molecule has 0 radical (unpaired) electrons. The van der Waals surface area contributed by atoms with Crippen LogP contribution in [0.15, 0.2) is 35.1 Å². The number of nitrogens with one attached hydrogen (secondary N) is 2. The van der Waals surface area contributed by atoms with Gasteiger partial charge in [-0.2, -0.15) is 0 Å². The molecule has 1 aromatic carbocycles. The topological polar surface area (TPSA) is 92.9 Å². The molecule has 0 aliphatic carbocycles. The van der Waals surface area contributed by atoms with Crippen LogP contribution >= 0.6 is 15.9 Å². The van der Waals surface area contributed by atoms with Crippen LogP contribution in [0.3, 0.4) is 0 Å². The molecule has 2 aromatic rings. The SMILES string of the molecule is Cc1ccc(Br)cc1NC(=O)c1cncc(NN)n1. The van der Waals surface area contributed by atoms with E-state index in [0.717, 1.165) is 10.0 Å². The van der Waals surface area contributed by atoms with Crippen LogP contribution in [0.2, 0.25) is 0 Å². The first-order valence-corrected chi connectivity index (χ1v) is 6.25. The molecule has 98 valence electrons. The predicted molar refractivity (Wildman–Crippen MR) is 76.7 cm³/mol. The first-order chi connectivity index (χ1) is 9.10. The molecule has 0 saturated heterocycles. The molecule has 1 aromatic heterocycles. The van der Waals surface area contributed by atoms with Gasteiger partial charge in [-0.3, -0.25) is 9.78 Å². The highest BCUT2D eigenvalue weighted by molar-refractivity contribution is 9.10. The lowest BCUT2D eigenvalue weighted by Crippen LogP contribution is -2.17. The molecule has 1 heterocycles. The molecule has 4 N–H and O–H groups in total. The van der Waals surface area contributed by atoms with E-state index >= 15 is 0 Å². The van der Waals surface area contributed by atoms with E-state index in [-0.39, 0.29) is 11.6 Å². The van der Waals surface area contributed by atoms with Gasteiger partial charge < -0.3 is 10.7 Å². The van der Waals surface area contributed by atoms with E-state index < -0.39 is 0 Å². The molecule has 7 heteroatoms. The van der Waals surface area contributed by atoms with Gasteiger partial charge in [0.2, 0.25) is 0 Å². The number of rotatable bonds is 3. The maximum absolute atomic E-state index is 12.0. The van der Waals surface area contributed by atoms with Crippen molar-refractivity contribution < 1.29 is 4.79 Å². The lowest BCUT2D eigenvalue weighted by Gasteiger charge is -2.08. The lowest BCUT2D eigenvalue weighted by molar-refractivity contribution is 0.102. The number of nitrogen functional groups attached to an aromatic ring is 1. The first kappa shape index (κ1) is 13.4. The molecule has 0 aliphatic rings. The third-order valence-corrected chi connectivity index (χ3v) is 2.96. The number of aromatic nitrogens is 2. The van der Waals surface area contributed by atoms with Gasteiger partial charge in [-0.05, 0) is 24.6 Å². The summed E-state index contributed by atoms with van der Waals surface area (Å²) in [5.41, 5.74) is 4.21. The summed E-state index contributed by atoms with van der Waals surface area (Å²) < 4.78 is 0.886. The number of anilines is 2. The van der Waals surface area contributed by atoms with Crippen molar-refractivity contribution in [3.05, 3.63) is 46.3 Å². The molecule has 0 saturated carbocycles. The summed E-state index contributed by atoms with van der Waals surface area (Å²) in [7, 11) is 0. The molecule has 19 heavy (non-hydrogen) atoms. The number of nitrogens with zero attached hydrogens (tertiary/aromatic N) is 2. The zero-order valence-corrected chi connectivity index (χ0v) is 11.7. The number of carbonyl (C=O) groups excluding carboxylic acids is 1. The summed E-state index contributed by atoms with van der Waals surface area (Å²) in [4.78, 5) is 19.9. The van der Waals surface area contributed by atoms with Gasteiger partial charge in [0.15, 0.2) is 5.82 Å². The van der Waals surface area contributed by atoms with Gasteiger partial charge in [0, 0.05) is 10.2 Å². The Balaban J connectivity index is 2.22. The number of amides is 1. The van der Waals surface area contributed by atoms with Crippen molar-refractivity contribution in [1.82, 2.24) is 9.97 Å². The Morgan fingerprint density at radius 2 is 2.16 bits per heavy atom. The predicted octanol–water partition coefficient (Wildman–Crippen LogP) is 2.09. The molecule has 0 atom stereocenters. The van der Waals surface area contributed by atoms with Gasteiger partial charge in [-0.15, -0.1) is 0 Å². The molecular weight excluding hydrogens is 310 g/mol. The summed E-state index contributed by atoms with van der Waals surface area (Å²) >= 11 is 3.36. The number of benzene rings is 1. The smallest absolute Gasteiger partial charge is 0.275 e. The Morgan fingerprint density at radius 1 is 1.37 bits per heavy atom. The number of carbonyl (C=O) groups is 1. The second-order valence-electron chi connectivity index (χ2n) is 3.85. The van der Waals surface area contributed by atoms with Gasteiger partial charge in [0.1, 0.15) is 5.69 Å². The summed E-state index contributed by atoms with van der Waals surface area (Å²) in [6.45, 7) is 1.91. The Labute approximate surface area is 118 Å². The first-order valence-electron chi connectivity index (χ1n) is 5.46. The van der Waals surface area contributed by atoms with Crippen molar-refractivity contribution >= 4 is 33.3 Å². The van der Waals surface area contributed by atoms with Crippen molar-refractivity contribution in [1.29, 1.82) is 0 Å². The number of hydrogen-bond acceptors (Lipinski definition) is 5. The number of nitrogens with two attached hydrogens (primary N) is 1. The molecule has 0 spiro atoms. The summed E-state index contributed by atoms with van der Waals surface area (Å²) in [5.74, 6) is 5.22. The van der Waals surface area contributed by atoms with E-state index in [0.29, 0.717) is 11.5 Å². The van der Waals surface area contributed by atoms with E-state index in [4.69, 9.17) is 5.84 Å². The Bertz CT molecular complexity index is 617. The lowest BCUT2D eigenvalue weighted by atomic mass is 10.2. The normalized spacial score (nSPS) is 10.1. The fourth-order valence-corrected chi connectivity index (χ4v) is 1.82. The number of hydrogen-bond donors (Lipinski definition) is 3. The second-order valence-corrected chi connectivity index (χ2v) is 4.76. The Hall–Kier alpha value is -1.99. The molecule has 1 amide bonds. The molecule has 0 aliphatic heterocycles. The average molecular weight is 322 g/mol. The second kappa shape index (κ2) is 5.77. The van der Waals surface area contributed by atoms with Gasteiger partial charge in [-0.25, -0.2) is 10.8 Å². The van der Waals surface area contributed by atoms with Crippen LogP contribution in [-0.4, -0.2) is 15.9 Å². The number of aryl methyl sites for hydroxylation is 1. The van der Waals surface area contributed by atoms with Crippen LogP contribution in [0.5, 0.6) is 0 Å². The maximum Gasteiger partial charge on any atom is 0.275 e. The zero-order chi connectivity index (χ0) is 13.8. The average Bonchev–Trinajstić information content (AvgIpc) is 2.43. The van der Waals surface area contributed by atoms with Crippen LogP contribution in [0, 0.1) is 6.92 Å². The summed E-state index contributed by atoms with van der Waals surface area (Å²) in [6.07, 6.45) is 2.81. The van der Waals surface area contributed by atoms with Crippen LogP contribution in [0.1, 0.15) is 16.1 Å². The zero-order valence-electron chi connectivity index (χ0n) is 10.1. The van der Waals surface area contributed by atoms with Crippen molar-refractivity contribution in [3.8, 4) is 0 Å². The van der Waals surface area contributed by atoms with Crippen LogP contribution in [0.25, 0.3) is 0 Å². The van der Waals surface area contributed by atoms with E-state index in [1.165, 1.54) is 12.4 Å². The van der Waals surface area contributed by atoms with Gasteiger partial charge in [0.25, 0.3) is 5.91 Å². The van der Waals surface area contributed by atoms with Crippen LogP contribution in [-0.2, 0) is 0 Å². The van der Waals surface area contributed by atoms with Crippen molar-refractivity contribution in [3.63, 3.8) is 0 Å². The largest absolute Gasteiger partial charge is 0.320 e. The minimum Gasteiger partial charge on any atom is -0.320 e. The maximum atomic E-state index is 12.0. The van der Waals surface area contributed by atoms with Gasteiger partial charge >= 0.3 is 0 Å². The fraction of sp³-hybridized carbons (Fsp3) is 0.0833. The highest BCUT2D eigenvalue weighted by atomic mass is 79.9. The third-order valence-electron chi connectivity index (χ3n) is 2.46. The van der Waals surface area contributed by atoms with Gasteiger partial charge in [0.05, 0.1) is 12.4 Å². The van der Waals surface area contributed by atoms with Gasteiger partial charge in [-0.1, -0.05) is 22.0 Å². The molecule has 2 rings (SSSR count). The summed E-state index contributed by atoms with van der Waals surface area (Å²) in [6, 6.07) is 5.64. The molecule has 0 bridgehead atoms. The summed E-state index contributed by atoms with van der Waals surface area (Å²) in [5, 5.41) is 2.78. The highest BCUT2D eigenvalue weighted by Crippen LogP contribution is 2.21. The van der Waals surface area contributed by atoms with Crippen LogP contribution in [0.4, 0.5) is 11.5 Å². The van der Waals surface area contributed by atoms with Crippen molar-refractivity contribution in [2.45, 2.75) is 6.92 Å². The number of halogens is 1. The van der Waals surface area contributed by atoms with Crippen molar-refractivity contribution in [2.24, 2.45) is 5.84 Å². The van der Waals surface area contributed by atoms with E-state index in [1.54, 1.807) is 0 Å². The van der Waals surface area contributed by atoms with E-state index in [9.17, 15) is 4.79 Å². The minimum absolute atomic E-state index is 0.190. The highest BCUT2D eigenvalue weighted by Gasteiger charge is 2.10. The van der Waals surface area contributed by atoms with Crippen molar-refractivity contribution in [2.75, 3.05) is 10.7 Å². The van der Waals surface area contributed by atoms with Crippen LogP contribution < -0.4 is 16.6 Å². The molecule has 0 unspecified atom stereocenters. The minimum atomic E-state index is -0.342. The third kappa shape index (κ3) is 3.27. The van der Waals surface area contributed by atoms with E-state index in [2.05, 4.69) is 36.6 Å². The Morgan fingerprint density at radius 3 is 2.89 bits per heavy atom. The quantitative estimate of drug-likeness (QED) is 0.594. The molecular formula is C12H12BrN5O. The monoisotopic (exact) mass is 321 g/mol. The molecule has 6 nitrogen and oxygen atoms in total. The molecule has 0 fully saturated rings. The Kier molecular flexibility index (Phi) is 4.08.